The van der Waals surface area contributed by atoms with E-state index in [9.17, 15) is 14.0 Å². The summed E-state index contributed by atoms with van der Waals surface area (Å²) in [5.41, 5.74) is 1.34. The van der Waals surface area contributed by atoms with Gasteiger partial charge >= 0.3 is 0 Å². The Balaban J connectivity index is 0.803. The minimum absolute atomic E-state index is 0.110. The van der Waals surface area contributed by atoms with Gasteiger partial charge in [0, 0.05) is 63.0 Å². The van der Waals surface area contributed by atoms with Crippen LogP contribution in [0.15, 0.2) is 48.5 Å². The Morgan fingerprint density at radius 1 is 0.880 bits per heavy atom. The van der Waals surface area contributed by atoms with Gasteiger partial charge in [0.2, 0.25) is 17.5 Å². The monoisotopic (exact) mass is 691 g/mol. The Hall–Kier alpha value is -3.09. The molecule has 11 heteroatoms. The number of carbonyl (C=O) groups excluding carboxylic acids is 2. The molecular formula is C39H50FN3O7. The van der Waals surface area contributed by atoms with E-state index in [4.69, 9.17) is 24.0 Å². The summed E-state index contributed by atoms with van der Waals surface area (Å²) in [5, 5.41) is 6.03. The zero-order valence-corrected chi connectivity index (χ0v) is 28.8. The number of nitrogens with one attached hydrogen (secondary N) is 2. The highest BCUT2D eigenvalue weighted by atomic mass is 19.1. The topological polar surface area (TPSA) is 108 Å². The number of morpholine rings is 1. The van der Waals surface area contributed by atoms with Crippen molar-refractivity contribution in [1.82, 2.24) is 15.5 Å². The Kier molecular flexibility index (Phi) is 9.62. The van der Waals surface area contributed by atoms with E-state index in [-0.39, 0.29) is 29.5 Å². The van der Waals surface area contributed by atoms with Crippen LogP contribution in [-0.4, -0.2) is 80.8 Å². The molecule has 2 saturated heterocycles. The third-order valence-electron chi connectivity index (χ3n) is 12.4. The zero-order valence-electron chi connectivity index (χ0n) is 28.8. The summed E-state index contributed by atoms with van der Waals surface area (Å²) in [5.74, 6) is 0.0955. The first kappa shape index (κ1) is 34.0. The van der Waals surface area contributed by atoms with Crippen molar-refractivity contribution >= 4 is 11.8 Å². The predicted molar refractivity (Wildman–Crippen MR) is 181 cm³/mol. The smallest absolute Gasteiger partial charge is 0.251 e. The van der Waals surface area contributed by atoms with Gasteiger partial charge in [0.25, 0.3) is 5.91 Å². The van der Waals surface area contributed by atoms with E-state index < -0.39 is 17.0 Å². The van der Waals surface area contributed by atoms with E-state index in [1.165, 1.54) is 29.8 Å². The molecule has 9 rings (SSSR count). The van der Waals surface area contributed by atoms with Crippen molar-refractivity contribution in [3.63, 3.8) is 0 Å². The van der Waals surface area contributed by atoms with Crippen molar-refractivity contribution in [2.24, 2.45) is 23.2 Å². The lowest BCUT2D eigenvalue weighted by molar-refractivity contribution is -0.393. The van der Waals surface area contributed by atoms with Crippen LogP contribution in [0.4, 0.5) is 4.39 Å². The first-order valence-corrected chi connectivity index (χ1v) is 18.8. The van der Waals surface area contributed by atoms with Gasteiger partial charge in [0.05, 0.1) is 18.6 Å². The van der Waals surface area contributed by atoms with E-state index in [2.05, 4.69) is 39.8 Å². The molecule has 5 saturated carbocycles. The van der Waals surface area contributed by atoms with Crippen LogP contribution >= 0.6 is 0 Å². The molecule has 5 aliphatic carbocycles. The largest absolute Gasteiger partial charge is 0.492 e. The van der Waals surface area contributed by atoms with Gasteiger partial charge in [-0.05, 0) is 105 Å². The first-order chi connectivity index (χ1) is 24.3. The lowest BCUT2D eigenvalue weighted by Gasteiger charge is -2.61. The van der Waals surface area contributed by atoms with E-state index in [1.807, 2.05) is 0 Å². The molecule has 2 amide bonds. The number of halogens is 1. The summed E-state index contributed by atoms with van der Waals surface area (Å²) in [6, 6.07) is 14.1. The Morgan fingerprint density at radius 2 is 1.58 bits per heavy atom. The van der Waals surface area contributed by atoms with Crippen LogP contribution in [0.25, 0.3) is 0 Å². The molecule has 2 N–H and O–H groups in total. The maximum absolute atomic E-state index is 13.7. The van der Waals surface area contributed by atoms with Crippen molar-refractivity contribution < 1.29 is 38.0 Å². The molecule has 2 aromatic rings. The second-order valence-corrected chi connectivity index (χ2v) is 15.5. The molecule has 270 valence electrons. The fraction of sp³-hybridized carbons (Fsp3) is 0.641. The number of hydrogen-bond donors (Lipinski definition) is 2. The Bertz CT molecular complexity index is 1490. The average Bonchev–Trinajstić information content (AvgIpc) is 3.51. The highest BCUT2D eigenvalue weighted by molar-refractivity contribution is 5.94. The quantitative estimate of drug-likeness (QED) is 0.241. The van der Waals surface area contributed by atoms with Crippen molar-refractivity contribution in [1.29, 1.82) is 0 Å². The molecule has 10 nitrogen and oxygen atoms in total. The highest BCUT2D eigenvalue weighted by Crippen LogP contribution is 2.68. The highest BCUT2D eigenvalue weighted by Gasteiger charge is 2.71. The fourth-order valence-electron chi connectivity index (χ4n) is 9.89. The lowest BCUT2D eigenvalue weighted by Crippen LogP contribution is -2.65. The molecule has 50 heavy (non-hydrogen) atoms. The molecule has 4 bridgehead atoms. The molecule has 2 unspecified atom stereocenters. The van der Waals surface area contributed by atoms with Crippen molar-refractivity contribution in [2.45, 2.75) is 81.7 Å². The van der Waals surface area contributed by atoms with Crippen LogP contribution in [0.2, 0.25) is 0 Å². The second-order valence-electron chi connectivity index (χ2n) is 15.5. The summed E-state index contributed by atoms with van der Waals surface area (Å²) >= 11 is 0. The molecule has 7 fully saturated rings. The SMILES string of the molecule is O=C(NCCCNC(=O)C12CC3CC(C1)C1(OOC4(CCC(c5ccc(OCCN6CCOCC6)cc5)CC4)O1)C(C3)C2)c1ccc(F)cc1. The molecular weight excluding hydrogens is 641 g/mol. The summed E-state index contributed by atoms with van der Waals surface area (Å²) < 4.78 is 31.6. The Morgan fingerprint density at radius 3 is 2.30 bits per heavy atom. The van der Waals surface area contributed by atoms with E-state index >= 15 is 0 Å². The normalized spacial score (nSPS) is 34.7. The van der Waals surface area contributed by atoms with Gasteiger partial charge in [0.15, 0.2) is 0 Å². The van der Waals surface area contributed by atoms with Gasteiger partial charge in [-0.1, -0.05) is 12.1 Å². The van der Waals surface area contributed by atoms with Crippen LogP contribution in [0.3, 0.4) is 0 Å². The Labute approximate surface area is 293 Å². The lowest BCUT2D eigenvalue weighted by atomic mass is 9.47. The van der Waals surface area contributed by atoms with E-state index in [0.717, 1.165) is 96.4 Å². The van der Waals surface area contributed by atoms with Gasteiger partial charge < -0.3 is 24.8 Å². The maximum Gasteiger partial charge on any atom is 0.251 e. The van der Waals surface area contributed by atoms with Crippen LogP contribution in [0, 0.1) is 29.0 Å². The van der Waals surface area contributed by atoms with Gasteiger partial charge in [-0.25, -0.2) is 4.39 Å². The van der Waals surface area contributed by atoms with E-state index in [1.54, 1.807) is 0 Å². The minimum Gasteiger partial charge on any atom is -0.492 e. The van der Waals surface area contributed by atoms with Gasteiger partial charge in [-0.3, -0.25) is 14.5 Å². The van der Waals surface area contributed by atoms with Crippen molar-refractivity contribution in [3.05, 3.63) is 65.5 Å². The van der Waals surface area contributed by atoms with Gasteiger partial charge in [-0.2, -0.15) is 9.78 Å². The first-order valence-electron chi connectivity index (χ1n) is 18.8. The molecule has 0 aromatic heterocycles. The number of carbonyl (C=O) groups is 2. The fourth-order valence-corrected chi connectivity index (χ4v) is 9.89. The van der Waals surface area contributed by atoms with Gasteiger partial charge in [0.1, 0.15) is 18.2 Å². The molecule has 0 radical (unpaired) electrons. The van der Waals surface area contributed by atoms with Gasteiger partial charge in [-0.15, -0.1) is 0 Å². The number of amides is 2. The summed E-state index contributed by atoms with van der Waals surface area (Å²) in [7, 11) is 0. The molecule has 2 spiro atoms. The molecule has 2 aliphatic heterocycles. The summed E-state index contributed by atoms with van der Waals surface area (Å²) in [6.07, 6.45) is 8.52. The average molecular weight is 692 g/mol. The maximum atomic E-state index is 13.7. The number of ether oxygens (including phenoxy) is 3. The number of rotatable bonds is 11. The molecule has 2 atom stereocenters. The third kappa shape index (κ3) is 6.79. The van der Waals surface area contributed by atoms with E-state index in [0.29, 0.717) is 43.5 Å². The number of hydrogen-bond acceptors (Lipinski definition) is 8. The van der Waals surface area contributed by atoms with Crippen LogP contribution in [0.5, 0.6) is 5.75 Å². The number of nitrogens with zero attached hydrogens (tertiary/aromatic N) is 1. The zero-order chi connectivity index (χ0) is 34.2. The third-order valence-corrected chi connectivity index (χ3v) is 12.4. The summed E-state index contributed by atoms with van der Waals surface area (Å²) in [6.45, 7) is 6.06. The molecule has 2 aromatic carbocycles. The predicted octanol–water partition coefficient (Wildman–Crippen LogP) is 5.33. The van der Waals surface area contributed by atoms with Crippen molar-refractivity contribution in [2.75, 3.05) is 52.5 Å². The van der Waals surface area contributed by atoms with Crippen LogP contribution in [-0.2, 0) is 24.0 Å². The van der Waals surface area contributed by atoms with Crippen LogP contribution < -0.4 is 15.4 Å². The molecule has 2 heterocycles. The van der Waals surface area contributed by atoms with Crippen LogP contribution in [0.1, 0.15) is 86.0 Å². The summed E-state index contributed by atoms with van der Waals surface area (Å²) in [4.78, 5) is 40.9. The minimum atomic E-state index is -0.765. The second kappa shape index (κ2) is 14.1. The number of benzene rings is 2. The standard InChI is InChI=1S/C39H50FN3O7/c40-33-6-2-30(3-7-33)35(44)41-14-1-15-42-36(45)37-24-27-22-31(25-37)39(32(23-27)26-37)48-38(49-50-39)12-10-29(11-13-38)28-4-8-34(9-5-28)47-21-18-43-16-19-46-20-17-43/h2-9,27,29,31-32H,1,10-26H2,(H,41,44)(H,42,45). The van der Waals surface area contributed by atoms with Crippen molar-refractivity contribution in [3.8, 4) is 5.75 Å². The molecule has 7 aliphatic rings.